The Morgan fingerprint density at radius 3 is 1.83 bits per heavy atom. The second-order valence-electron chi connectivity index (χ2n) is 3.13. The Hall–Kier alpha value is -0.480. The third-order valence-electron chi connectivity index (χ3n) is 1.97. The average Bonchev–Trinajstić information content (AvgIpc) is 2.10. The Morgan fingerprint density at radius 1 is 0.833 bits per heavy atom. The molecule has 0 unspecified atom stereocenters. The van der Waals surface area contributed by atoms with Crippen molar-refractivity contribution >= 4 is 0 Å². The van der Waals surface area contributed by atoms with E-state index in [9.17, 15) is 5.11 Å². The molecule has 0 aliphatic rings. The van der Waals surface area contributed by atoms with Gasteiger partial charge in [-0.1, -0.05) is 32.1 Å². The van der Waals surface area contributed by atoms with Crippen LogP contribution in [0.2, 0.25) is 0 Å². The number of terminal acetylenes is 1. The first-order valence-electron chi connectivity index (χ1n) is 4.93. The summed E-state index contributed by atoms with van der Waals surface area (Å²) in [6.45, 7) is 0.0943. The molecule has 12 heavy (non-hydrogen) atoms. The van der Waals surface area contributed by atoms with E-state index in [2.05, 4.69) is 5.92 Å². The summed E-state index contributed by atoms with van der Waals surface area (Å²) in [6.07, 6.45) is 14.2. The maximum absolute atomic E-state index is 10.1. The van der Waals surface area contributed by atoms with Crippen LogP contribution in [0, 0.1) is 12.3 Å². The Labute approximate surface area is 76.2 Å². The molecule has 0 aromatic rings. The fourth-order valence-corrected chi connectivity index (χ4v) is 1.21. The zero-order valence-electron chi connectivity index (χ0n) is 7.85. The molecule has 0 aliphatic carbocycles. The quantitative estimate of drug-likeness (QED) is 0.391. The van der Waals surface area contributed by atoms with Gasteiger partial charge in [0.05, 0.1) is 6.61 Å². The molecule has 0 rings (SSSR count). The summed E-state index contributed by atoms with van der Waals surface area (Å²) in [7, 11) is 0. The van der Waals surface area contributed by atoms with Crippen LogP contribution in [0.5, 0.6) is 0 Å². The molecule has 1 radical (unpaired) electrons. The van der Waals surface area contributed by atoms with Gasteiger partial charge in [0.25, 0.3) is 0 Å². The lowest BCUT2D eigenvalue weighted by molar-refractivity contribution is 0.186. The molecule has 0 amide bonds. The van der Waals surface area contributed by atoms with Gasteiger partial charge in [-0.15, -0.1) is 12.3 Å². The van der Waals surface area contributed by atoms with Crippen molar-refractivity contribution in [2.45, 2.75) is 51.4 Å². The van der Waals surface area contributed by atoms with Gasteiger partial charge in [0.15, 0.2) is 0 Å². The largest absolute Gasteiger partial charge is 0.237 e. The van der Waals surface area contributed by atoms with Crippen molar-refractivity contribution in [1.29, 1.82) is 0 Å². The third-order valence-corrected chi connectivity index (χ3v) is 1.97. The van der Waals surface area contributed by atoms with E-state index in [1.54, 1.807) is 0 Å². The van der Waals surface area contributed by atoms with Crippen LogP contribution in [-0.4, -0.2) is 6.61 Å². The van der Waals surface area contributed by atoms with Crippen LogP contribution >= 0.6 is 0 Å². The van der Waals surface area contributed by atoms with Gasteiger partial charge in [-0.2, -0.15) is 0 Å². The summed E-state index contributed by atoms with van der Waals surface area (Å²) in [5, 5.41) is 10.1. The SMILES string of the molecule is C#CCCCCCCCCC[O]. The van der Waals surface area contributed by atoms with Crippen LogP contribution in [0.3, 0.4) is 0 Å². The van der Waals surface area contributed by atoms with Gasteiger partial charge in [0.1, 0.15) is 0 Å². The van der Waals surface area contributed by atoms with Crippen molar-refractivity contribution in [3.05, 3.63) is 0 Å². The summed E-state index contributed by atoms with van der Waals surface area (Å²) in [5.41, 5.74) is 0. The summed E-state index contributed by atoms with van der Waals surface area (Å²) in [4.78, 5) is 0. The summed E-state index contributed by atoms with van der Waals surface area (Å²) >= 11 is 0. The predicted molar refractivity (Wildman–Crippen MR) is 51.3 cm³/mol. The fraction of sp³-hybridized carbons (Fsp3) is 0.818. The van der Waals surface area contributed by atoms with E-state index >= 15 is 0 Å². The van der Waals surface area contributed by atoms with Crippen LogP contribution < -0.4 is 0 Å². The molecule has 0 heterocycles. The van der Waals surface area contributed by atoms with E-state index in [0.29, 0.717) is 0 Å². The highest BCUT2D eigenvalue weighted by molar-refractivity contribution is 4.82. The molecule has 0 bridgehead atoms. The van der Waals surface area contributed by atoms with Crippen molar-refractivity contribution in [3.8, 4) is 12.3 Å². The van der Waals surface area contributed by atoms with Crippen LogP contribution in [0.4, 0.5) is 0 Å². The van der Waals surface area contributed by atoms with Gasteiger partial charge in [-0.05, 0) is 12.8 Å². The highest BCUT2D eigenvalue weighted by atomic mass is 16.2. The van der Waals surface area contributed by atoms with E-state index in [4.69, 9.17) is 6.42 Å². The molecule has 0 fully saturated rings. The number of rotatable bonds is 8. The molecular weight excluding hydrogens is 148 g/mol. The van der Waals surface area contributed by atoms with Crippen LogP contribution in [0.1, 0.15) is 51.4 Å². The number of unbranched alkanes of at least 4 members (excludes halogenated alkanes) is 7. The lowest BCUT2D eigenvalue weighted by atomic mass is 10.1. The molecule has 0 aliphatic heterocycles. The van der Waals surface area contributed by atoms with E-state index in [0.717, 1.165) is 25.7 Å². The predicted octanol–water partition coefficient (Wildman–Crippen LogP) is 3.17. The number of hydrogen-bond donors (Lipinski definition) is 0. The first kappa shape index (κ1) is 11.5. The molecule has 0 aromatic heterocycles. The Kier molecular flexibility index (Phi) is 10.1. The van der Waals surface area contributed by atoms with Gasteiger partial charge < -0.3 is 0 Å². The molecule has 1 nitrogen and oxygen atoms in total. The van der Waals surface area contributed by atoms with Crippen molar-refractivity contribution in [2.24, 2.45) is 0 Å². The third kappa shape index (κ3) is 9.52. The molecule has 0 aromatic carbocycles. The highest BCUT2D eigenvalue weighted by Gasteiger charge is 1.90. The second-order valence-corrected chi connectivity index (χ2v) is 3.13. The monoisotopic (exact) mass is 167 g/mol. The fourth-order valence-electron chi connectivity index (χ4n) is 1.21. The van der Waals surface area contributed by atoms with Crippen molar-refractivity contribution in [1.82, 2.24) is 0 Å². The first-order chi connectivity index (χ1) is 5.91. The van der Waals surface area contributed by atoms with E-state index in [1.807, 2.05) is 0 Å². The summed E-state index contributed by atoms with van der Waals surface area (Å²) in [5.74, 6) is 2.64. The minimum Gasteiger partial charge on any atom is -0.237 e. The molecular formula is C11H19O. The number of hydrogen-bond acceptors (Lipinski definition) is 0. The Balaban J connectivity index is 2.78. The smallest absolute Gasteiger partial charge is 0.0822 e. The molecule has 1 heteroatoms. The average molecular weight is 167 g/mol. The molecule has 69 valence electrons. The Morgan fingerprint density at radius 2 is 1.33 bits per heavy atom. The minimum absolute atomic E-state index is 0.0943. The van der Waals surface area contributed by atoms with Crippen LogP contribution in [0.15, 0.2) is 0 Å². The minimum atomic E-state index is 0.0943. The maximum Gasteiger partial charge on any atom is 0.0822 e. The van der Waals surface area contributed by atoms with E-state index in [-0.39, 0.29) is 6.61 Å². The van der Waals surface area contributed by atoms with E-state index in [1.165, 1.54) is 25.7 Å². The zero-order chi connectivity index (χ0) is 9.07. The van der Waals surface area contributed by atoms with Crippen LogP contribution in [0.25, 0.3) is 0 Å². The second kappa shape index (κ2) is 10.5. The lowest BCUT2D eigenvalue weighted by Gasteiger charge is -1.98. The van der Waals surface area contributed by atoms with Crippen molar-refractivity contribution in [3.63, 3.8) is 0 Å². The normalized spacial score (nSPS) is 9.67. The van der Waals surface area contributed by atoms with Gasteiger partial charge in [-0.3, -0.25) is 0 Å². The molecule has 0 N–H and O–H groups in total. The topological polar surface area (TPSA) is 19.9 Å². The first-order valence-corrected chi connectivity index (χ1v) is 4.93. The van der Waals surface area contributed by atoms with Crippen molar-refractivity contribution < 1.29 is 5.11 Å². The Bertz CT molecular complexity index is 113. The maximum atomic E-state index is 10.1. The zero-order valence-corrected chi connectivity index (χ0v) is 7.85. The van der Waals surface area contributed by atoms with Gasteiger partial charge in [0, 0.05) is 6.42 Å². The highest BCUT2D eigenvalue weighted by Crippen LogP contribution is 2.07. The standard InChI is InChI=1S/C11H19O/c1-2-3-4-5-6-7-8-9-10-11-12/h1H,3-11H2. The molecule has 0 spiro atoms. The van der Waals surface area contributed by atoms with Gasteiger partial charge in [0.2, 0.25) is 0 Å². The van der Waals surface area contributed by atoms with Crippen molar-refractivity contribution in [2.75, 3.05) is 6.61 Å². The van der Waals surface area contributed by atoms with E-state index < -0.39 is 0 Å². The molecule has 0 atom stereocenters. The summed E-state index contributed by atoms with van der Waals surface area (Å²) < 4.78 is 0. The molecule has 0 saturated carbocycles. The summed E-state index contributed by atoms with van der Waals surface area (Å²) in [6, 6.07) is 0. The van der Waals surface area contributed by atoms with Crippen LogP contribution in [-0.2, 0) is 5.11 Å². The lowest BCUT2D eigenvalue weighted by Crippen LogP contribution is -1.82. The van der Waals surface area contributed by atoms with Gasteiger partial charge >= 0.3 is 0 Å². The molecule has 0 saturated heterocycles. The van der Waals surface area contributed by atoms with Gasteiger partial charge in [-0.25, -0.2) is 5.11 Å².